The van der Waals surface area contributed by atoms with Gasteiger partial charge in [0.25, 0.3) is 0 Å². The first-order valence-corrected chi connectivity index (χ1v) is 7.84. The molecule has 0 aliphatic heterocycles. The summed E-state index contributed by atoms with van der Waals surface area (Å²) in [7, 11) is 0. The van der Waals surface area contributed by atoms with Crippen LogP contribution in [0.4, 0.5) is 14.5 Å². The quantitative estimate of drug-likeness (QED) is 0.702. The van der Waals surface area contributed by atoms with E-state index >= 15 is 0 Å². The fraction of sp³-hybridized carbons (Fsp3) is 0.105. The average molecular weight is 372 g/mol. The van der Waals surface area contributed by atoms with E-state index in [1.165, 1.54) is 43.3 Å². The highest BCUT2D eigenvalue weighted by Gasteiger charge is 2.14. The maximum atomic E-state index is 12.2. The number of pyridine rings is 1. The molecule has 0 saturated carbocycles. The molecule has 27 heavy (non-hydrogen) atoms. The predicted octanol–water partition coefficient (Wildman–Crippen LogP) is 4.16. The summed E-state index contributed by atoms with van der Waals surface area (Å²) < 4.78 is 28.8. The van der Waals surface area contributed by atoms with Gasteiger partial charge in [0.15, 0.2) is 0 Å². The van der Waals surface area contributed by atoms with Crippen molar-refractivity contribution in [2.75, 3.05) is 5.32 Å². The zero-order valence-electron chi connectivity index (χ0n) is 14.1. The largest absolute Gasteiger partial charge is 0.478 e. The summed E-state index contributed by atoms with van der Waals surface area (Å²) >= 11 is 0. The topological polar surface area (TPSA) is 88.5 Å². The minimum Gasteiger partial charge on any atom is -0.478 e. The number of halogens is 2. The minimum absolute atomic E-state index is 0.00653. The van der Waals surface area contributed by atoms with Crippen molar-refractivity contribution in [2.24, 2.45) is 0 Å². The fourth-order valence-electron chi connectivity index (χ4n) is 2.64. The molecule has 0 unspecified atom stereocenters. The molecule has 3 rings (SSSR count). The summed E-state index contributed by atoms with van der Waals surface area (Å²) in [6.07, 6.45) is 0. The number of hydrogen-bond donors (Lipinski definition) is 2. The smallest absolute Gasteiger partial charge is 0.387 e. The second kappa shape index (κ2) is 7.36. The van der Waals surface area contributed by atoms with Gasteiger partial charge in [0.1, 0.15) is 5.75 Å². The van der Waals surface area contributed by atoms with Gasteiger partial charge >= 0.3 is 12.6 Å². The van der Waals surface area contributed by atoms with E-state index in [0.717, 1.165) is 0 Å². The van der Waals surface area contributed by atoms with Gasteiger partial charge in [0, 0.05) is 23.6 Å². The van der Waals surface area contributed by atoms with Crippen LogP contribution in [0, 0.1) is 0 Å². The molecule has 1 amide bonds. The summed E-state index contributed by atoms with van der Waals surface area (Å²) in [5.41, 5.74) is 1.81. The highest BCUT2D eigenvalue weighted by Crippen LogP contribution is 2.28. The molecule has 8 heteroatoms. The second-order valence-corrected chi connectivity index (χ2v) is 5.68. The molecular formula is C19H14F2N2O4. The van der Waals surface area contributed by atoms with Crippen LogP contribution in [0.15, 0.2) is 48.5 Å². The van der Waals surface area contributed by atoms with Crippen molar-refractivity contribution in [1.29, 1.82) is 0 Å². The van der Waals surface area contributed by atoms with E-state index in [-0.39, 0.29) is 17.2 Å². The van der Waals surface area contributed by atoms with Crippen LogP contribution in [0.5, 0.6) is 5.75 Å². The Kier molecular flexibility index (Phi) is 4.98. The maximum Gasteiger partial charge on any atom is 0.387 e. The highest BCUT2D eigenvalue weighted by molar-refractivity contribution is 6.05. The molecule has 0 saturated heterocycles. The lowest BCUT2D eigenvalue weighted by Crippen LogP contribution is -2.06. The first-order valence-electron chi connectivity index (χ1n) is 7.84. The second-order valence-electron chi connectivity index (χ2n) is 5.68. The number of alkyl halides is 2. The van der Waals surface area contributed by atoms with Crippen LogP contribution in [-0.4, -0.2) is 28.6 Å². The number of benzene rings is 2. The molecule has 2 aromatic carbocycles. The summed E-state index contributed by atoms with van der Waals surface area (Å²) in [6.45, 7) is -1.57. The van der Waals surface area contributed by atoms with Crippen molar-refractivity contribution in [3.8, 4) is 17.0 Å². The predicted molar refractivity (Wildman–Crippen MR) is 95.1 cm³/mol. The zero-order valence-corrected chi connectivity index (χ0v) is 14.1. The first kappa shape index (κ1) is 18.2. The number of anilines is 1. The molecule has 2 N–H and O–H groups in total. The van der Waals surface area contributed by atoms with Crippen molar-refractivity contribution < 1.29 is 28.2 Å². The Bertz CT molecular complexity index is 1020. The van der Waals surface area contributed by atoms with Gasteiger partial charge in [-0.25, -0.2) is 9.78 Å². The first-order chi connectivity index (χ1) is 12.8. The van der Waals surface area contributed by atoms with Gasteiger partial charge in [0.05, 0.1) is 16.8 Å². The van der Waals surface area contributed by atoms with Crippen LogP contribution in [-0.2, 0) is 4.79 Å². The number of carboxylic acids is 1. The van der Waals surface area contributed by atoms with E-state index in [1.54, 1.807) is 12.1 Å². The van der Waals surface area contributed by atoms with Crippen molar-refractivity contribution in [1.82, 2.24) is 4.98 Å². The molecule has 0 atom stereocenters. The Morgan fingerprint density at radius 2 is 1.81 bits per heavy atom. The van der Waals surface area contributed by atoms with Crippen LogP contribution < -0.4 is 10.1 Å². The van der Waals surface area contributed by atoms with Gasteiger partial charge in [-0.1, -0.05) is 0 Å². The molecule has 3 aromatic rings. The van der Waals surface area contributed by atoms with Crippen LogP contribution in [0.25, 0.3) is 22.2 Å². The summed E-state index contributed by atoms with van der Waals surface area (Å²) in [6, 6.07) is 11.9. The fourth-order valence-corrected chi connectivity index (χ4v) is 2.64. The number of carbonyl (C=O) groups excluding carboxylic acids is 1. The Morgan fingerprint density at radius 1 is 1.11 bits per heavy atom. The maximum absolute atomic E-state index is 12.2. The third kappa shape index (κ3) is 4.17. The number of fused-ring (bicyclic) bond motifs is 1. The van der Waals surface area contributed by atoms with Crippen LogP contribution >= 0.6 is 0 Å². The number of rotatable bonds is 5. The van der Waals surface area contributed by atoms with Gasteiger partial charge in [-0.3, -0.25) is 4.79 Å². The molecule has 138 valence electrons. The normalized spacial score (nSPS) is 10.8. The van der Waals surface area contributed by atoms with Gasteiger partial charge < -0.3 is 15.2 Å². The van der Waals surface area contributed by atoms with E-state index in [9.17, 15) is 23.5 Å². The Balaban J connectivity index is 2.06. The molecule has 6 nitrogen and oxygen atoms in total. The van der Waals surface area contributed by atoms with Crippen molar-refractivity contribution in [3.63, 3.8) is 0 Å². The lowest BCUT2D eigenvalue weighted by atomic mass is 10.0. The van der Waals surface area contributed by atoms with E-state index in [4.69, 9.17) is 0 Å². The average Bonchev–Trinajstić information content (AvgIpc) is 2.60. The summed E-state index contributed by atoms with van der Waals surface area (Å²) in [5.74, 6) is -1.43. The van der Waals surface area contributed by atoms with Crippen molar-refractivity contribution >= 4 is 28.5 Å². The zero-order chi connectivity index (χ0) is 19.6. The molecule has 1 heterocycles. The molecule has 0 fully saturated rings. The molecule has 0 radical (unpaired) electrons. The third-order valence-corrected chi connectivity index (χ3v) is 3.73. The number of hydrogen-bond acceptors (Lipinski definition) is 4. The number of aromatic nitrogens is 1. The molecule has 1 aromatic heterocycles. The third-order valence-electron chi connectivity index (χ3n) is 3.73. The van der Waals surface area contributed by atoms with Gasteiger partial charge in [-0.05, 0) is 48.5 Å². The van der Waals surface area contributed by atoms with E-state index in [2.05, 4.69) is 15.0 Å². The van der Waals surface area contributed by atoms with E-state index in [0.29, 0.717) is 27.8 Å². The number of nitrogens with zero attached hydrogens (tertiary/aromatic N) is 1. The molecule has 0 aliphatic rings. The highest BCUT2D eigenvalue weighted by atomic mass is 19.3. The van der Waals surface area contributed by atoms with Crippen molar-refractivity contribution in [2.45, 2.75) is 13.5 Å². The van der Waals surface area contributed by atoms with Gasteiger partial charge in [-0.15, -0.1) is 0 Å². The molecule has 0 bridgehead atoms. The number of carboxylic acid groups (broad SMARTS) is 1. The van der Waals surface area contributed by atoms with Crippen molar-refractivity contribution in [3.05, 3.63) is 54.1 Å². The van der Waals surface area contributed by atoms with Crippen LogP contribution in [0.1, 0.15) is 17.3 Å². The number of ether oxygens (including phenoxy) is 1. The van der Waals surface area contributed by atoms with Gasteiger partial charge in [0.2, 0.25) is 5.91 Å². The van der Waals surface area contributed by atoms with Crippen LogP contribution in [0.2, 0.25) is 0 Å². The Morgan fingerprint density at radius 3 is 2.41 bits per heavy atom. The lowest BCUT2D eigenvalue weighted by molar-refractivity contribution is -0.114. The Hall–Kier alpha value is -3.55. The molecular weight excluding hydrogens is 358 g/mol. The monoisotopic (exact) mass is 372 g/mol. The minimum atomic E-state index is -2.92. The van der Waals surface area contributed by atoms with E-state index in [1.807, 2.05) is 0 Å². The molecule has 0 spiro atoms. The number of carbonyl (C=O) groups is 2. The lowest BCUT2D eigenvalue weighted by Gasteiger charge is -2.10. The van der Waals surface area contributed by atoms with Gasteiger partial charge in [-0.2, -0.15) is 8.78 Å². The standard InChI is InChI=1S/C19H14F2N2O4/c1-10(24)22-12-4-7-16-14(8-12)15(18(25)26)9-17(23-16)11-2-5-13(6-3-11)27-19(20)21/h2-9,19H,1H3,(H,22,24)(H,25,26). The SMILES string of the molecule is CC(=O)Nc1ccc2nc(-c3ccc(OC(F)F)cc3)cc(C(=O)O)c2c1. The van der Waals surface area contributed by atoms with E-state index < -0.39 is 12.6 Å². The summed E-state index contributed by atoms with van der Waals surface area (Å²) in [5, 5.41) is 12.5. The Labute approximate surface area is 152 Å². The number of nitrogens with one attached hydrogen (secondary N) is 1. The van der Waals surface area contributed by atoms with Crippen LogP contribution in [0.3, 0.4) is 0 Å². The number of amides is 1. The number of aromatic carboxylic acids is 1. The summed E-state index contributed by atoms with van der Waals surface area (Å²) in [4.78, 5) is 27.3. The molecule has 0 aliphatic carbocycles.